The molecule has 0 radical (unpaired) electrons. The van der Waals surface area contributed by atoms with E-state index in [-0.39, 0.29) is 9.79 Å². The van der Waals surface area contributed by atoms with Crippen LogP contribution in [0.5, 0.6) is 0 Å². The van der Waals surface area contributed by atoms with Crippen molar-refractivity contribution in [2.24, 2.45) is 7.05 Å². The lowest BCUT2D eigenvalue weighted by Gasteiger charge is -2.09. The summed E-state index contributed by atoms with van der Waals surface area (Å²) in [5.41, 5.74) is 6.49. The van der Waals surface area contributed by atoms with Crippen molar-refractivity contribution in [3.8, 4) is 11.3 Å². The van der Waals surface area contributed by atoms with Crippen LogP contribution in [0.3, 0.4) is 0 Å². The van der Waals surface area contributed by atoms with Crippen LogP contribution < -0.4 is 5.73 Å². The van der Waals surface area contributed by atoms with E-state index >= 15 is 0 Å². The van der Waals surface area contributed by atoms with Crippen molar-refractivity contribution in [3.05, 3.63) is 24.0 Å². The summed E-state index contributed by atoms with van der Waals surface area (Å²) >= 11 is 1.06. The van der Waals surface area contributed by atoms with Crippen molar-refractivity contribution in [3.63, 3.8) is 0 Å². The summed E-state index contributed by atoms with van der Waals surface area (Å²) in [4.78, 5) is 0.0735. The third-order valence-electron chi connectivity index (χ3n) is 2.82. The number of nitrogens with zero attached hydrogens (tertiary/aromatic N) is 2. The van der Waals surface area contributed by atoms with Gasteiger partial charge < -0.3 is 5.73 Å². The standard InChI is InChI=1S/C12H14FN3O2S2/c1-16-11(14)6-9(15-16)7-4-8(13)12(19-2)10(5-7)20(3,17)18/h4-6H,14H2,1-3H3. The van der Waals surface area contributed by atoms with Gasteiger partial charge in [0.1, 0.15) is 11.6 Å². The Morgan fingerprint density at radius 3 is 2.45 bits per heavy atom. The highest BCUT2D eigenvalue weighted by Gasteiger charge is 2.19. The topological polar surface area (TPSA) is 78.0 Å². The molecule has 0 unspecified atom stereocenters. The van der Waals surface area contributed by atoms with Gasteiger partial charge in [0, 0.05) is 24.9 Å². The first-order chi connectivity index (χ1) is 9.24. The molecule has 1 aromatic heterocycles. The number of hydrogen-bond acceptors (Lipinski definition) is 5. The molecule has 0 spiro atoms. The molecule has 0 atom stereocenters. The molecule has 2 rings (SSSR count). The number of hydrogen-bond donors (Lipinski definition) is 1. The van der Waals surface area contributed by atoms with Gasteiger partial charge in [-0.2, -0.15) is 5.10 Å². The smallest absolute Gasteiger partial charge is 0.176 e. The van der Waals surface area contributed by atoms with Gasteiger partial charge in [0.2, 0.25) is 0 Å². The number of aryl methyl sites for hydroxylation is 1. The summed E-state index contributed by atoms with van der Waals surface area (Å²) in [6, 6.07) is 4.26. The fourth-order valence-corrected chi connectivity index (χ4v) is 3.81. The number of thioether (sulfide) groups is 1. The van der Waals surface area contributed by atoms with Crippen molar-refractivity contribution in [2.45, 2.75) is 9.79 Å². The minimum atomic E-state index is -3.53. The van der Waals surface area contributed by atoms with Crippen molar-refractivity contribution in [1.29, 1.82) is 0 Å². The number of halogens is 1. The van der Waals surface area contributed by atoms with Gasteiger partial charge in [-0.25, -0.2) is 12.8 Å². The van der Waals surface area contributed by atoms with E-state index in [2.05, 4.69) is 5.10 Å². The van der Waals surface area contributed by atoms with Gasteiger partial charge in [-0.3, -0.25) is 4.68 Å². The molecule has 0 bridgehead atoms. The lowest BCUT2D eigenvalue weighted by Crippen LogP contribution is -2.02. The zero-order chi connectivity index (χ0) is 15.1. The number of nitrogens with two attached hydrogens (primary N) is 1. The Balaban J connectivity index is 2.71. The summed E-state index contributed by atoms with van der Waals surface area (Å²) in [6.45, 7) is 0. The molecular formula is C12H14FN3O2S2. The first-order valence-electron chi connectivity index (χ1n) is 5.61. The Morgan fingerprint density at radius 2 is 2.00 bits per heavy atom. The highest BCUT2D eigenvalue weighted by atomic mass is 32.2. The monoisotopic (exact) mass is 315 g/mol. The molecule has 1 heterocycles. The molecule has 0 aliphatic carbocycles. The van der Waals surface area contributed by atoms with Crippen LogP contribution in [0.15, 0.2) is 28.0 Å². The van der Waals surface area contributed by atoms with Gasteiger partial charge in [0.15, 0.2) is 9.84 Å². The number of sulfone groups is 1. The number of benzene rings is 1. The lowest BCUT2D eigenvalue weighted by molar-refractivity contribution is 0.578. The molecule has 1 aromatic carbocycles. The maximum Gasteiger partial charge on any atom is 0.176 e. The molecule has 2 N–H and O–H groups in total. The highest BCUT2D eigenvalue weighted by molar-refractivity contribution is 7.99. The van der Waals surface area contributed by atoms with Crippen LogP contribution in [0.25, 0.3) is 11.3 Å². The SMILES string of the molecule is CSc1c(F)cc(-c2cc(N)n(C)n2)cc1S(C)(=O)=O. The summed E-state index contributed by atoms with van der Waals surface area (Å²) in [7, 11) is -1.87. The average Bonchev–Trinajstić information content (AvgIpc) is 2.67. The zero-order valence-corrected chi connectivity index (χ0v) is 12.8. The van der Waals surface area contributed by atoms with E-state index in [1.165, 1.54) is 16.8 Å². The Kier molecular flexibility index (Phi) is 3.79. The van der Waals surface area contributed by atoms with Crippen LogP contribution in [0, 0.1) is 5.82 Å². The number of aromatic nitrogens is 2. The molecule has 0 aliphatic heterocycles. The van der Waals surface area contributed by atoms with Crippen LogP contribution in [0.4, 0.5) is 10.2 Å². The summed E-state index contributed by atoms with van der Waals surface area (Å²) in [5.74, 6) is -0.171. The number of anilines is 1. The minimum absolute atomic E-state index is 0.0378. The van der Waals surface area contributed by atoms with Crippen molar-refractivity contribution in [2.75, 3.05) is 18.2 Å². The predicted molar refractivity (Wildman–Crippen MR) is 77.9 cm³/mol. The van der Waals surface area contributed by atoms with Gasteiger partial charge >= 0.3 is 0 Å². The third-order valence-corrected chi connectivity index (χ3v) is 4.90. The van der Waals surface area contributed by atoms with Crippen LogP contribution in [0.1, 0.15) is 0 Å². The van der Waals surface area contributed by atoms with E-state index in [4.69, 9.17) is 5.73 Å². The van der Waals surface area contributed by atoms with Gasteiger partial charge in [-0.15, -0.1) is 11.8 Å². The molecule has 8 heteroatoms. The fraction of sp³-hybridized carbons (Fsp3) is 0.250. The molecule has 20 heavy (non-hydrogen) atoms. The van der Waals surface area contributed by atoms with E-state index in [1.54, 1.807) is 19.4 Å². The normalized spacial score (nSPS) is 11.8. The third kappa shape index (κ3) is 2.66. The molecule has 0 fully saturated rings. The van der Waals surface area contributed by atoms with Gasteiger partial charge in [0.25, 0.3) is 0 Å². The van der Waals surface area contributed by atoms with Gasteiger partial charge in [0.05, 0.1) is 15.5 Å². The quantitative estimate of drug-likeness (QED) is 0.876. The first-order valence-corrected chi connectivity index (χ1v) is 8.73. The van der Waals surface area contributed by atoms with E-state index < -0.39 is 15.7 Å². The molecule has 0 saturated carbocycles. The molecule has 5 nitrogen and oxygen atoms in total. The van der Waals surface area contributed by atoms with E-state index in [1.807, 2.05) is 0 Å². The van der Waals surface area contributed by atoms with E-state index in [9.17, 15) is 12.8 Å². The Morgan fingerprint density at radius 1 is 1.35 bits per heavy atom. The summed E-state index contributed by atoms with van der Waals surface area (Å²) in [5, 5.41) is 4.12. The van der Waals surface area contributed by atoms with Crippen LogP contribution in [0.2, 0.25) is 0 Å². The highest BCUT2D eigenvalue weighted by Crippen LogP contribution is 2.32. The molecule has 0 amide bonds. The Bertz CT molecular complexity index is 750. The predicted octanol–water partition coefficient (Wildman–Crippen LogP) is 1.93. The average molecular weight is 315 g/mol. The molecular weight excluding hydrogens is 301 g/mol. The van der Waals surface area contributed by atoms with Crippen molar-refractivity contribution < 1.29 is 12.8 Å². The summed E-state index contributed by atoms with van der Waals surface area (Å²) in [6.07, 6.45) is 2.68. The molecule has 0 saturated heterocycles. The van der Waals surface area contributed by atoms with Crippen molar-refractivity contribution >= 4 is 27.4 Å². The van der Waals surface area contributed by atoms with Crippen LogP contribution in [-0.4, -0.2) is 30.7 Å². The second kappa shape index (κ2) is 5.10. The molecule has 2 aromatic rings. The maximum atomic E-state index is 14.1. The largest absolute Gasteiger partial charge is 0.384 e. The lowest BCUT2D eigenvalue weighted by atomic mass is 10.1. The second-order valence-corrected chi connectivity index (χ2v) is 7.14. The van der Waals surface area contributed by atoms with Crippen molar-refractivity contribution in [1.82, 2.24) is 9.78 Å². The van der Waals surface area contributed by atoms with Crippen LogP contribution in [-0.2, 0) is 16.9 Å². The summed E-state index contributed by atoms with van der Waals surface area (Å²) < 4.78 is 39.1. The maximum absolute atomic E-state index is 14.1. The van der Waals surface area contributed by atoms with E-state index in [0.29, 0.717) is 17.1 Å². The first kappa shape index (κ1) is 14.9. The Labute approximate surface area is 120 Å². The Hall–Kier alpha value is -1.54. The fourth-order valence-electron chi connectivity index (χ4n) is 1.81. The number of nitrogen functional groups attached to an aromatic ring is 1. The van der Waals surface area contributed by atoms with Gasteiger partial charge in [-0.05, 0) is 18.4 Å². The van der Waals surface area contributed by atoms with Gasteiger partial charge in [-0.1, -0.05) is 0 Å². The molecule has 0 aliphatic rings. The second-order valence-electron chi connectivity index (χ2n) is 4.34. The minimum Gasteiger partial charge on any atom is -0.384 e. The van der Waals surface area contributed by atoms with Crippen LogP contribution >= 0.6 is 11.8 Å². The number of rotatable bonds is 3. The molecule has 108 valence electrons. The zero-order valence-electron chi connectivity index (χ0n) is 11.2. The van der Waals surface area contributed by atoms with E-state index in [0.717, 1.165) is 18.0 Å².